The number of hydrogen-bond acceptors (Lipinski definition) is 20. The van der Waals surface area contributed by atoms with Gasteiger partial charge in [0.2, 0.25) is 12.6 Å². The summed E-state index contributed by atoms with van der Waals surface area (Å²) in [7, 11) is 0. The average molecular weight is 867 g/mol. The topological polar surface area (TPSA) is 321 Å². The number of fused-ring (bicyclic) bond motifs is 1. The van der Waals surface area contributed by atoms with Crippen molar-refractivity contribution in [3.8, 4) is 46.0 Å². The van der Waals surface area contributed by atoms with Crippen LogP contribution in [0.4, 0.5) is 0 Å². The Bertz CT molecular complexity index is 2250. The van der Waals surface area contributed by atoms with Crippen LogP contribution in [0.5, 0.6) is 46.0 Å². The Hall–Kier alpha value is -6.36. The molecule has 20 heteroatoms. The highest BCUT2D eigenvalue weighted by molar-refractivity contribution is 5.88. The molecule has 2 saturated heterocycles. The summed E-state index contributed by atoms with van der Waals surface area (Å²) in [6, 6.07) is 16.9. The quantitative estimate of drug-likeness (QED) is 0.0518. The third-order valence-electron chi connectivity index (χ3n) is 10.3. The number of rotatable bonds is 12. The van der Waals surface area contributed by atoms with Crippen molar-refractivity contribution >= 4 is 18.0 Å². The van der Waals surface area contributed by atoms with Crippen LogP contribution in [-0.4, -0.2) is 143 Å². The minimum absolute atomic E-state index is 0.0423. The van der Waals surface area contributed by atoms with Crippen molar-refractivity contribution < 1.29 is 98.9 Å². The molecule has 0 aromatic heterocycles. The Kier molecular flexibility index (Phi) is 12.9. The fourth-order valence-electron chi connectivity index (χ4n) is 6.95. The fourth-order valence-corrected chi connectivity index (χ4v) is 6.95. The summed E-state index contributed by atoms with van der Waals surface area (Å²) in [6.07, 6.45) is -15.4. The molecule has 0 bridgehead atoms. The largest absolute Gasteiger partial charge is 0.508 e. The van der Waals surface area contributed by atoms with Gasteiger partial charge >= 0.3 is 11.9 Å². The van der Waals surface area contributed by atoms with Crippen molar-refractivity contribution in [2.75, 3.05) is 13.2 Å². The molecule has 0 spiro atoms. The number of carbonyl (C=O) groups is 2. The van der Waals surface area contributed by atoms with E-state index >= 15 is 0 Å². The third kappa shape index (κ3) is 9.42. The summed E-state index contributed by atoms with van der Waals surface area (Å²) in [5.41, 5.74) is 0.343. The number of phenolic OH excluding ortho intramolecular Hbond substituents is 5. The molecule has 3 heterocycles. The van der Waals surface area contributed by atoms with Gasteiger partial charge in [0, 0.05) is 11.6 Å². The first kappa shape index (κ1) is 43.7. The van der Waals surface area contributed by atoms with Crippen molar-refractivity contribution in [1.82, 2.24) is 0 Å². The first-order valence-electron chi connectivity index (χ1n) is 19.0. The summed E-state index contributed by atoms with van der Waals surface area (Å²) in [4.78, 5) is 26.8. The Morgan fingerprint density at radius 3 is 1.65 bits per heavy atom. The van der Waals surface area contributed by atoms with E-state index in [-0.39, 0.29) is 45.4 Å². The maximum Gasteiger partial charge on any atom is 0.330 e. The van der Waals surface area contributed by atoms with Gasteiger partial charge in [0.25, 0.3) is 0 Å². The summed E-state index contributed by atoms with van der Waals surface area (Å²) < 4.78 is 39.2. The second-order valence-corrected chi connectivity index (χ2v) is 14.6. The van der Waals surface area contributed by atoms with E-state index in [4.69, 9.17) is 33.2 Å². The SMILES string of the molecule is O=C(/C=C/c1cc(O)c2c(c1)[C@@H](C(=O)OCC1O[C@@H](Oc3ccc(O)cc3)C(O)[C@@H](O)[C@H]1O)[C@H](c1ccc(O)c(O)c1)O2)OCC1O[C@@H](Oc2ccc(O)cc2)C(O)[C@@H](O)[C@H]1O. The fraction of sp³-hybridized carbons (Fsp3) is 0.333. The van der Waals surface area contributed by atoms with E-state index in [9.17, 15) is 65.8 Å². The lowest BCUT2D eigenvalue weighted by molar-refractivity contribution is -0.278. The standard InChI is InChI=1S/C42H42O20/c43-20-3-7-22(8-4-20)58-41-36(53)34(51)32(49)28(60-41)16-56-30(48)12-1-18-13-24-31(38(62-39(24)27(47)14-18)19-2-11-25(45)26(46)15-19)40(55)57-17-29-33(50)35(52)37(54)42(61-29)59-23-9-5-21(44)6-10-23/h1-15,28-29,31-38,41-47,49-54H,16-17H2/b12-1+/t28?,29?,31-,32+,33+,34+,35+,36?,37?,38+,41-,42-/m1/s1. The van der Waals surface area contributed by atoms with Crippen molar-refractivity contribution in [2.45, 2.75) is 73.4 Å². The zero-order valence-corrected chi connectivity index (χ0v) is 32.1. The van der Waals surface area contributed by atoms with Crippen molar-refractivity contribution in [3.63, 3.8) is 0 Å². The van der Waals surface area contributed by atoms with Gasteiger partial charge in [0.05, 0.1) is 0 Å². The van der Waals surface area contributed by atoms with Crippen LogP contribution < -0.4 is 14.2 Å². The number of carbonyl (C=O) groups excluding carboxylic acids is 2. The lowest BCUT2D eigenvalue weighted by atomic mass is 9.89. The van der Waals surface area contributed by atoms with E-state index in [1.165, 1.54) is 72.8 Å². The minimum Gasteiger partial charge on any atom is -0.508 e. The molecular weight excluding hydrogens is 824 g/mol. The Morgan fingerprint density at radius 2 is 1.11 bits per heavy atom. The van der Waals surface area contributed by atoms with E-state index in [1.54, 1.807) is 0 Å². The molecule has 3 aliphatic heterocycles. The van der Waals surface area contributed by atoms with E-state index in [1.807, 2.05) is 0 Å². The molecule has 20 nitrogen and oxygen atoms in total. The molecule has 4 aromatic rings. The number of esters is 2. The highest BCUT2D eigenvalue weighted by Crippen LogP contribution is 2.52. The Balaban J connectivity index is 1.06. The number of ether oxygens (including phenoxy) is 7. The predicted molar refractivity (Wildman–Crippen MR) is 206 cm³/mol. The zero-order valence-electron chi connectivity index (χ0n) is 32.1. The van der Waals surface area contributed by atoms with Crippen LogP contribution >= 0.6 is 0 Å². The predicted octanol–water partition coefficient (Wildman–Crippen LogP) is 0.305. The first-order chi connectivity index (χ1) is 29.6. The Morgan fingerprint density at radius 1 is 0.581 bits per heavy atom. The molecule has 11 N–H and O–H groups in total. The number of benzene rings is 4. The second-order valence-electron chi connectivity index (χ2n) is 14.6. The zero-order chi connectivity index (χ0) is 44.4. The molecule has 0 saturated carbocycles. The van der Waals surface area contributed by atoms with Gasteiger partial charge in [-0.3, -0.25) is 4.79 Å². The highest BCUT2D eigenvalue weighted by atomic mass is 16.7. The third-order valence-corrected chi connectivity index (χ3v) is 10.3. The molecule has 2 fully saturated rings. The molecule has 62 heavy (non-hydrogen) atoms. The van der Waals surface area contributed by atoms with Gasteiger partial charge in [0.15, 0.2) is 23.0 Å². The van der Waals surface area contributed by atoms with Gasteiger partial charge in [0.1, 0.15) is 97.1 Å². The summed E-state index contributed by atoms with van der Waals surface area (Å²) in [5, 5.41) is 114. The molecule has 7 rings (SSSR count). The monoisotopic (exact) mass is 866 g/mol. The van der Waals surface area contributed by atoms with Crippen LogP contribution in [0.1, 0.15) is 28.7 Å². The van der Waals surface area contributed by atoms with Gasteiger partial charge in [-0.05, 0) is 90.0 Å². The molecule has 12 atom stereocenters. The van der Waals surface area contributed by atoms with Gasteiger partial charge in [-0.25, -0.2) is 4.79 Å². The number of hydrogen-bond donors (Lipinski definition) is 11. The molecular formula is C42H42O20. The van der Waals surface area contributed by atoms with Crippen LogP contribution in [0.2, 0.25) is 0 Å². The molecule has 0 amide bonds. The van der Waals surface area contributed by atoms with Crippen molar-refractivity contribution in [1.29, 1.82) is 0 Å². The highest BCUT2D eigenvalue weighted by Gasteiger charge is 2.48. The normalized spacial score (nSPS) is 29.3. The van der Waals surface area contributed by atoms with Crippen LogP contribution in [0.3, 0.4) is 0 Å². The van der Waals surface area contributed by atoms with Gasteiger partial charge in [-0.1, -0.05) is 6.07 Å². The van der Waals surface area contributed by atoms with E-state index in [0.717, 1.165) is 18.2 Å². The van der Waals surface area contributed by atoms with Gasteiger partial charge in [-0.15, -0.1) is 0 Å². The van der Waals surface area contributed by atoms with Crippen molar-refractivity contribution in [2.24, 2.45) is 0 Å². The Labute approximate surface area is 350 Å². The van der Waals surface area contributed by atoms with Crippen molar-refractivity contribution in [3.05, 3.63) is 102 Å². The molecule has 3 aliphatic rings. The van der Waals surface area contributed by atoms with E-state index < -0.39 is 116 Å². The van der Waals surface area contributed by atoms with E-state index in [0.29, 0.717) is 0 Å². The molecule has 4 unspecified atom stereocenters. The molecule has 0 aliphatic carbocycles. The molecule has 0 radical (unpaired) electrons. The van der Waals surface area contributed by atoms with E-state index in [2.05, 4.69) is 0 Å². The van der Waals surface area contributed by atoms with Gasteiger partial charge < -0.3 is 89.3 Å². The van der Waals surface area contributed by atoms with Crippen LogP contribution in [-0.2, 0) is 28.5 Å². The lowest BCUT2D eigenvalue weighted by Gasteiger charge is -2.40. The lowest BCUT2D eigenvalue weighted by Crippen LogP contribution is -2.60. The minimum atomic E-state index is -1.81. The van der Waals surface area contributed by atoms with Gasteiger partial charge in [-0.2, -0.15) is 0 Å². The van der Waals surface area contributed by atoms with Crippen LogP contribution in [0.15, 0.2) is 84.9 Å². The number of aliphatic hydroxyl groups excluding tert-OH is 6. The smallest absolute Gasteiger partial charge is 0.330 e. The first-order valence-corrected chi connectivity index (χ1v) is 19.0. The number of aromatic hydroxyl groups is 5. The summed E-state index contributed by atoms with van der Waals surface area (Å²) in [5.74, 6) is -4.92. The maximum atomic E-state index is 14.0. The number of aliphatic hydroxyl groups is 6. The second kappa shape index (κ2) is 18.3. The summed E-state index contributed by atoms with van der Waals surface area (Å²) in [6.45, 7) is -1.31. The molecule has 330 valence electrons. The average Bonchev–Trinajstić information content (AvgIpc) is 3.65. The van der Waals surface area contributed by atoms with Crippen LogP contribution in [0, 0.1) is 0 Å². The summed E-state index contributed by atoms with van der Waals surface area (Å²) >= 11 is 0. The maximum absolute atomic E-state index is 14.0. The number of phenols is 5. The van der Waals surface area contributed by atoms with Crippen LogP contribution in [0.25, 0.3) is 6.08 Å². The molecule has 4 aromatic carbocycles.